The lowest BCUT2D eigenvalue weighted by atomic mass is 10.1. The molecule has 0 bridgehead atoms. The number of carbonyl (C=O) groups excluding carboxylic acids is 1. The molecule has 0 radical (unpaired) electrons. The third kappa shape index (κ3) is 6.09. The summed E-state index contributed by atoms with van der Waals surface area (Å²) in [7, 11) is -1.16. The lowest BCUT2D eigenvalue weighted by Gasteiger charge is -2.27. The molecule has 0 aliphatic heterocycles. The molecular weight excluding hydrogens is 418 g/mol. The first-order valence-corrected chi connectivity index (χ1v) is 10.6. The van der Waals surface area contributed by atoms with Crippen LogP contribution in [0.15, 0.2) is 47.4 Å². The maximum atomic E-state index is 12.7. The zero-order valence-corrected chi connectivity index (χ0v) is 18.3. The Balaban J connectivity index is 2.34. The number of carbonyl (C=O) groups is 1. The summed E-state index contributed by atoms with van der Waals surface area (Å²) in [6.07, 6.45) is 0. The molecule has 0 atom stereocenters. The fourth-order valence-electron chi connectivity index (χ4n) is 2.61. The molecule has 0 fully saturated rings. The smallest absolute Gasteiger partial charge is 0.339 e. The average Bonchev–Trinajstić information content (AvgIpc) is 2.67. The molecule has 1 amide bonds. The van der Waals surface area contributed by atoms with Crippen molar-refractivity contribution in [2.75, 3.05) is 20.8 Å². The predicted octanol–water partition coefficient (Wildman–Crippen LogP) is 3.50. The molecule has 158 valence electrons. The van der Waals surface area contributed by atoms with Crippen molar-refractivity contribution < 1.29 is 26.9 Å². The Morgan fingerprint density at radius 3 is 2.31 bits per heavy atom. The number of halogens is 1. The average molecular weight is 442 g/mol. The Bertz CT molecular complexity index is 944. The highest BCUT2D eigenvalue weighted by molar-refractivity contribution is 7.87. The number of amides is 1. The normalized spacial score (nSPS) is 11.4. The fraction of sp³-hybridized carbons (Fsp3) is 0.350. The second-order valence-electron chi connectivity index (χ2n) is 6.51. The number of ether oxygens (including phenoxy) is 2. The second kappa shape index (κ2) is 9.96. The third-order valence-electron chi connectivity index (χ3n) is 4.12. The van der Waals surface area contributed by atoms with Crippen LogP contribution in [-0.2, 0) is 26.2 Å². The van der Waals surface area contributed by atoms with Gasteiger partial charge in [0, 0.05) is 30.3 Å². The Morgan fingerprint density at radius 2 is 1.76 bits per heavy atom. The van der Waals surface area contributed by atoms with Crippen LogP contribution >= 0.6 is 11.6 Å². The molecule has 9 heteroatoms. The van der Waals surface area contributed by atoms with E-state index < -0.39 is 10.1 Å². The van der Waals surface area contributed by atoms with Crippen LogP contribution in [0, 0.1) is 0 Å². The molecule has 0 heterocycles. The Hall–Kier alpha value is -2.29. The van der Waals surface area contributed by atoms with Crippen molar-refractivity contribution >= 4 is 27.6 Å². The summed E-state index contributed by atoms with van der Waals surface area (Å²) in [5.41, 5.74) is 0.465. The van der Waals surface area contributed by atoms with Gasteiger partial charge in [0.1, 0.15) is 23.0 Å². The van der Waals surface area contributed by atoms with Crippen LogP contribution in [0.4, 0.5) is 0 Å². The molecule has 0 saturated carbocycles. The fourth-order valence-corrected chi connectivity index (χ4v) is 3.77. The zero-order valence-electron chi connectivity index (χ0n) is 16.7. The van der Waals surface area contributed by atoms with Crippen LogP contribution in [-0.4, -0.2) is 46.1 Å². The van der Waals surface area contributed by atoms with E-state index in [0.717, 1.165) is 0 Å². The van der Waals surface area contributed by atoms with Crippen LogP contribution in [0.5, 0.6) is 11.5 Å². The molecule has 0 aromatic heterocycles. The SMILES string of the molecule is COCC(=O)N(Cc1cc(Cl)ccc1OS(=O)(=O)c1ccc(OC)cc1)C(C)C. The highest BCUT2D eigenvalue weighted by atomic mass is 35.5. The van der Waals surface area contributed by atoms with E-state index >= 15 is 0 Å². The lowest BCUT2D eigenvalue weighted by molar-refractivity contribution is -0.137. The molecule has 7 nitrogen and oxygen atoms in total. The Labute approximate surface area is 176 Å². The molecule has 0 spiro atoms. The van der Waals surface area contributed by atoms with Crippen LogP contribution < -0.4 is 8.92 Å². The van der Waals surface area contributed by atoms with Crippen molar-refractivity contribution in [3.05, 3.63) is 53.1 Å². The van der Waals surface area contributed by atoms with Crippen molar-refractivity contribution in [3.63, 3.8) is 0 Å². The number of benzene rings is 2. The monoisotopic (exact) mass is 441 g/mol. The van der Waals surface area contributed by atoms with Gasteiger partial charge in [0.25, 0.3) is 0 Å². The molecule has 0 unspecified atom stereocenters. The van der Waals surface area contributed by atoms with Gasteiger partial charge in [-0.05, 0) is 56.3 Å². The maximum absolute atomic E-state index is 12.7. The van der Waals surface area contributed by atoms with Gasteiger partial charge in [0.2, 0.25) is 5.91 Å². The Kier molecular flexibility index (Phi) is 7.89. The first kappa shape index (κ1) is 23.0. The van der Waals surface area contributed by atoms with Gasteiger partial charge in [-0.1, -0.05) is 11.6 Å². The molecule has 2 aromatic carbocycles. The lowest BCUT2D eigenvalue weighted by Crippen LogP contribution is -2.38. The van der Waals surface area contributed by atoms with Crippen molar-refractivity contribution in [3.8, 4) is 11.5 Å². The second-order valence-corrected chi connectivity index (χ2v) is 8.50. The van der Waals surface area contributed by atoms with Crippen LogP contribution in [0.25, 0.3) is 0 Å². The van der Waals surface area contributed by atoms with Crippen molar-refractivity contribution in [2.24, 2.45) is 0 Å². The van der Waals surface area contributed by atoms with E-state index in [9.17, 15) is 13.2 Å². The van der Waals surface area contributed by atoms with Crippen molar-refractivity contribution in [1.82, 2.24) is 4.90 Å². The molecule has 2 aromatic rings. The summed E-state index contributed by atoms with van der Waals surface area (Å²) in [4.78, 5) is 13.9. The third-order valence-corrected chi connectivity index (χ3v) is 5.61. The minimum atomic E-state index is -4.09. The minimum absolute atomic E-state index is 0.0182. The predicted molar refractivity (Wildman–Crippen MR) is 110 cm³/mol. The first-order valence-electron chi connectivity index (χ1n) is 8.83. The number of hydrogen-bond donors (Lipinski definition) is 0. The van der Waals surface area contributed by atoms with Gasteiger partial charge in [-0.3, -0.25) is 4.79 Å². The highest BCUT2D eigenvalue weighted by Crippen LogP contribution is 2.28. The quantitative estimate of drug-likeness (QED) is 0.554. The summed E-state index contributed by atoms with van der Waals surface area (Å²) >= 11 is 6.10. The molecular formula is C20H24ClNO6S. The van der Waals surface area contributed by atoms with E-state index in [1.807, 2.05) is 13.8 Å². The largest absolute Gasteiger partial charge is 0.497 e. The maximum Gasteiger partial charge on any atom is 0.339 e. The number of hydrogen-bond acceptors (Lipinski definition) is 6. The topological polar surface area (TPSA) is 82.1 Å². The van der Waals surface area contributed by atoms with Gasteiger partial charge in [-0.25, -0.2) is 0 Å². The molecule has 0 saturated heterocycles. The molecule has 2 rings (SSSR count). The summed E-state index contributed by atoms with van der Waals surface area (Å²) in [5, 5.41) is 0.400. The highest BCUT2D eigenvalue weighted by Gasteiger charge is 2.23. The van der Waals surface area contributed by atoms with Gasteiger partial charge in [-0.2, -0.15) is 8.42 Å². The molecule has 0 aliphatic rings. The summed E-state index contributed by atoms with van der Waals surface area (Å²) < 4.78 is 40.7. The summed E-state index contributed by atoms with van der Waals surface area (Å²) in [5.74, 6) is 0.396. The summed E-state index contributed by atoms with van der Waals surface area (Å²) in [6, 6.07) is 10.3. The van der Waals surface area contributed by atoms with Crippen molar-refractivity contribution in [2.45, 2.75) is 31.3 Å². The molecule has 0 N–H and O–H groups in total. The standard InChI is InChI=1S/C20H24ClNO6S/c1-14(2)22(20(23)13-26-3)12-15-11-16(21)5-10-19(15)28-29(24,25)18-8-6-17(27-4)7-9-18/h5-11,14H,12-13H2,1-4H3. The van der Waals surface area contributed by atoms with E-state index in [0.29, 0.717) is 16.3 Å². The minimum Gasteiger partial charge on any atom is -0.497 e. The van der Waals surface area contributed by atoms with Gasteiger partial charge < -0.3 is 18.6 Å². The van der Waals surface area contributed by atoms with Crippen molar-refractivity contribution in [1.29, 1.82) is 0 Å². The number of methoxy groups -OCH3 is 2. The van der Waals surface area contributed by atoms with E-state index in [1.54, 1.807) is 11.0 Å². The first-order chi connectivity index (χ1) is 13.7. The van der Waals surface area contributed by atoms with Gasteiger partial charge in [0.05, 0.1) is 7.11 Å². The van der Waals surface area contributed by atoms with Gasteiger partial charge in [-0.15, -0.1) is 0 Å². The van der Waals surface area contributed by atoms with Crippen LogP contribution in [0.1, 0.15) is 19.4 Å². The van der Waals surface area contributed by atoms with E-state index in [2.05, 4.69) is 0 Å². The summed E-state index contributed by atoms with van der Waals surface area (Å²) in [6.45, 7) is 3.74. The molecule has 29 heavy (non-hydrogen) atoms. The van der Waals surface area contributed by atoms with Crippen LogP contribution in [0.2, 0.25) is 5.02 Å². The molecule has 0 aliphatic carbocycles. The number of rotatable bonds is 9. The van der Waals surface area contributed by atoms with Crippen LogP contribution in [0.3, 0.4) is 0 Å². The Morgan fingerprint density at radius 1 is 1.10 bits per heavy atom. The van der Waals surface area contributed by atoms with E-state index in [1.165, 1.54) is 50.6 Å². The van der Waals surface area contributed by atoms with E-state index in [4.69, 9.17) is 25.3 Å². The number of nitrogens with zero attached hydrogens (tertiary/aromatic N) is 1. The zero-order chi connectivity index (χ0) is 21.6. The van der Waals surface area contributed by atoms with E-state index in [-0.39, 0.29) is 35.7 Å². The van der Waals surface area contributed by atoms with Gasteiger partial charge in [0.15, 0.2) is 0 Å². The van der Waals surface area contributed by atoms with Gasteiger partial charge >= 0.3 is 10.1 Å².